The Kier molecular flexibility index (Phi) is 3.91. The molecule has 2 nitrogen and oxygen atoms in total. The molecule has 1 aromatic carbocycles. The average molecular weight is 233 g/mol. The maximum atomic E-state index is 5.81. The summed E-state index contributed by atoms with van der Waals surface area (Å²) in [6, 6.07) is 11.9. The summed E-state index contributed by atoms with van der Waals surface area (Å²) in [5, 5.41) is 4.13. The number of aromatic nitrogens is 1. The molecule has 1 aromatic heterocycles. The molecule has 0 saturated carbocycles. The predicted octanol–water partition coefficient (Wildman–Crippen LogP) is 3.02. The number of nitrogens with one attached hydrogen (secondary N) is 1. The third-order valence-electron chi connectivity index (χ3n) is 2.29. The van der Waals surface area contributed by atoms with Crippen molar-refractivity contribution in [1.29, 1.82) is 0 Å². The molecule has 0 amide bonds. The lowest BCUT2D eigenvalue weighted by atomic mass is 10.2. The molecule has 2 rings (SSSR count). The number of nitrogens with zero attached hydrogens (tertiary/aromatic N) is 1. The SMILES string of the molecule is Clc1ccc(CNCc2cccnc2)cc1. The molecule has 0 fully saturated rings. The molecule has 0 bridgehead atoms. The highest BCUT2D eigenvalue weighted by molar-refractivity contribution is 6.30. The third kappa shape index (κ3) is 3.33. The molecule has 0 atom stereocenters. The van der Waals surface area contributed by atoms with Gasteiger partial charge >= 0.3 is 0 Å². The minimum Gasteiger partial charge on any atom is -0.309 e. The Balaban J connectivity index is 1.82. The highest BCUT2D eigenvalue weighted by Gasteiger charge is 1.94. The van der Waals surface area contributed by atoms with Crippen LogP contribution in [0, 0.1) is 0 Å². The largest absolute Gasteiger partial charge is 0.309 e. The van der Waals surface area contributed by atoms with Gasteiger partial charge in [-0.1, -0.05) is 29.8 Å². The van der Waals surface area contributed by atoms with Crippen molar-refractivity contribution in [2.45, 2.75) is 13.1 Å². The van der Waals surface area contributed by atoms with E-state index in [1.165, 1.54) is 11.1 Å². The van der Waals surface area contributed by atoms with Gasteiger partial charge < -0.3 is 5.32 Å². The summed E-state index contributed by atoms with van der Waals surface area (Å²) in [7, 11) is 0. The van der Waals surface area contributed by atoms with Crippen LogP contribution in [0.1, 0.15) is 11.1 Å². The van der Waals surface area contributed by atoms with E-state index < -0.39 is 0 Å². The first-order chi connectivity index (χ1) is 7.84. The van der Waals surface area contributed by atoms with Crippen molar-refractivity contribution in [2.75, 3.05) is 0 Å². The number of benzene rings is 1. The molecule has 0 unspecified atom stereocenters. The van der Waals surface area contributed by atoms with Gasteiger partial charge in [-0.3, -0.25) is 4.98 Å². The van der Waals surface area contributed by atoms with Crippen molar-refractivity contribution in [3.63, 3.8) is 0 Å². The lowest BCUT2D eigenvalue weighted by Gasteiger charge is -2.04. The highest BCUT2D eigenvalue weighted by Crippen LogP contribution is 2.09. The zero-order valence-corrected chi connectivity index (χ0v) is 9.61. The van der Waals surface area contributed by atoms with Crippen molar-refractivity contribution in [3.8, 4) is 0 Å². The van der Waals surface area contributed by atoms with Crippen LogP contribution in [0.2, 0.25) is 5.02 Å². The Hall–Kier alpha value is -1.38. The van der Waals surface area contributed by atoms with Crippen LogP contribution >= 0.6 is 11.6 Å². The Morgan fingerprint density at radius 2 is 1.75 bits per heavy atom. The van der Waals surface area contributed by atoms with Crippen LogP contribution in [0.25, 0.3) is 0 Å². The Morgan fingerprint density at radius 3 is 2.44 bits per heavy atom. The standard InChI is InChI=1S/C13H13ClN2/c14-13-5-3-11(4-6-13)8-16-10-12-2-1-7-15-9-12/h1-7,9,16H,8,10H2. The van der Waals surface area contributed by atoms with Crippen LogP contribution in [-0.4, -0.2) is 4.98 Å². The summed E-state index contributed by atoms with van der Waals surface area (Å²) in [6.07, 6.45) is 3.65. The molecule has 3 heteroatoms. The second-order valence-corrected chi connectivity index (χ2v) is 4.03. The van der Waals surface area contributed by atoms with Crippen LogP contribution in [0.3, 0.4) is 0 Å². The van der Waals surface area contributed by atoms with Gasteiger partial charge in [0.25, 0.3) is 0 Å². The van der Waals surface area contributed by atoms with E-state index in [0.717, 1.165) is 18.1 Å². The zero-order valence-electron chi connectivity index (χ0n) is 8.86. The van der Waals surface area contributed by atoms with Gasteiger partial charge in [0.2, 0.25) is 0 Å². The van der Waals surface area contributed by atoms with Crippen molar-refractivity contribution in [1.82, 2.24) is 10.3 Å². The molecule has 0 spiro atoms. The number of halogens is 1. The number of pyridine rings is 1. The van der Waals surface area contributed by atoms with Crippen LogP contribution in [0.15, 0.2) is 48.8 Å². The molecular formula is C13H13ClN2. The normalized spacial score (nSPS) is 10.3. The molecule has 2 aromatic rings. The molecule has 0 aliphatic heterocycles. The maximum Gasteiger partial charge on any atom is 0.0406 e. The monoisotopic (exact) mass is 232 g/mol. The topological polar surface area (TPSA) is 24.9 Å². The number of hydrogen-bond donors (Lipinski definition) is 1. The average Bonchev–Trinajstić information content (AvgIpc) is 2.33. The fraction of sp³-hybridized carbons (Fsp3) is 0.154. The molecule has 1 N–H and O–H groups in total. The van der Waals surface area contributed by atoms with E-state index in [1.807, 2.05) is 36.5 Å². The maximum absolute atomic E-state index is 5.81. The Bertz CT molecular complexity index is 425. The van der Waals surface area contributed by atoms with Crippen LogP contribution in [-0.2, 0) is 13.1 Å². The minimum absolute atomic E-state index is 0.774. The Morgan fingerprint density at radius 1 is 1.00 bits per heavy atom. The van der Waals surface area contributed by atoms with Gasteiger partial charge in [-0.15, -0.1) is 0 Å². The van der Waals surface area contributed by atoms with E-state index in [9.17, 15) is 0 Å². The van der Waals surface area contributed by atoms with Gasteiger partial charge in [0.1, 0.15) is 0 Å². The van der Waals surface area contributed by atoms with Gasteiger partial charge in [0, 0.05) is 30.5 Å². The molecular weight excluding hydrogens is 220 g/mol. The van der Waals surface area contributed by atoms with E-state index in [0.29, 0.717) is 0 Å². The van der Waals surface area contributed by atoms with Crippen molar-refractivity contribution in [3.05, 3.63) is 64.9 Å². The van der Waals surface area contributed by atoms with Crippen LogP contribution < -0.4 is 5.32 Å². The molecule has 0 aliphatic carbocycles. The van der Waals surface area contributed by atoms with Gasteiger partial charge in [-0.2, -0.15) is 0 Å². The molecule has 82 valence electrons. The fourth-order valence-electron chi connectivity index (χ4n) is 1.46. The first kappa shape index (κ1) is 11.1. The van der Waals surface area contributed by atoms with Crippen molar-refractivity contribution < 1.29 is 0 Å². The molecule has 0 saturated heterocycles. The van der Waals surface area contributed by atoms with Gasteiger partial charge in [-0.05, 0) is 29.3 Å². The molecule has 0 aliphatic rings. The first-order valence-corrected chi connectivity index (χ1v) is 5.56. The van der Waals surface area contributed by atoms with E-state index in [2.05, 4.69) is 16.4 Å². The second-order valence-electron chi connectivity index (χ2n) is 3.59. The molecule has 16 heavy (non-hydrogen) atoms. The van der Waals surface area contributed by atoms with E-state index in [1.54, 1.807) is 6.20 Å². The van der Waals surface area contributed by atoms with E-state index >= 15 is 0 Å². The lowest BCUT2D eigenvalue weighted by molar-refractivity contribution is 0.691. The second kappa shape index (κ2) is 5.64. The van der Waals surface area contributed by atoms with Crippen molar-refractivity contribution >= 4 is 11.6 Å². The molecule has 1 heterocycles. The molecule has 0 radical (unpaired) electrons. The van der Waals surface area contributed by atoms with Crippen LogP contribution in [0.4, 0.5) is 0 Å². The minimum atomic E-state index is 0.774. The van der Waals surface area contributed by atoms with E-state index in [-0.39, 0.29) is 0 Å². The highest BCUT2D eigenvalue weighted by atomic mass is 35.5. The summed E-state index contributed by atoms with van der Waals surface area (Å²) < 4.78 is 0. The summed E-state index contributed by atoms with van der Waals surface area (Å²) >= 11 is 5.81. The quantitative estimate of drug-likeness (QED) is 0.877. The first-order valence-electron chi connectivity index (χ1n) is 5.18. The fourth-order valence-corrected chi connectivity index (χ4v) is 1.58. The number of hydrogen-bond acceptors (Lipinski definition) is 2. The van der Waals surface area contributed by atoms with E-state index in [4.69, 9.17) is 11.6 Å². The number of rotatable bonds is 4. The zero-order chi connectivity index (χ0) is 11.2. The summed E-state index contributed by atoms with van der Waals surface area (Å²) in [5.41, 5.74) is 2.42. The predicted molar refractivity (Wildman–Crippen MR) is 66.2 cm³/mol. The van der Waals surface area contributed by atoms with Gasteiger partial charge in [0.15, 0.2) is 0 Å². The Labute approximate surface area is 100 Å². The van der Waals surface area contributed by atoms with Crippen molar-refractivity contribution in [2.24, 2.45) is 0 Å². The van der Waals surface area contributed by atoms with Gasteiger partial charge in [-0.25, -0.2) is 0 Å². The van der Waals surface area contributed by atoms with Gasteiger partial charge in [0.05, 0.1) is 0 Å². The smallest absolute Gasteiger partial charge is 0.0406 e. The summed E-state index contributed by atoms with van der Waals surface area (Å²) in [5.74, 6) is 0. The lowest BCUT2D eigenvalue weighted by Crippen LogP contribution is -2.12. The third-order valence-corrected chi connectivity index (χ3v) is 2.55. The van der Waals surface area contributed by atoms with Crippen LogP contribution in [0.5, 0.6) is 0 Å². The summed E-state index contributed by atoms with van der Waals surface area (Å²) in [6.45, 7) is 1.67. The summed E-state index contributed by atoms with van der Waals surface area (Å²) in [4.78, 5) is 4.06.